The van der Waals surface area contributed by atoms with E-state index in [1.807, 2.05) is 60.7 Å². The van der Waals surface area contributed by atoms with Gasteiger partial charge in [-0.3, -0.25) is 14.4 Å². The topological polar surface area (TPSA) is 72.5 Å². The van der Waals surface area contributed by atoms with Gasteiger partial charge in [-0.05, 0) is 24.5 Å². The minimum Gasteiger partial charge on any atom is -0.465 e. The van der Waals surface area contributed by atoms with E-state index in [0.717, 1.165) is 11.1 Å². The molecule has 0 spiro atoms. The first-order valence-corrected chi connectivity index (χ1v) is 8.72. The van der Waals surface area contributed by atoms with Crippen LogP contribution in [-0.2, 0) is 24.7 Å². The highest BCUT2D eigenvalue weighted by Crippen LogP contribution is 2.67. The average molecular weight is 349 g/mol. The van der Waals surface area contributed by atoms with Crippen LogP contribution < -0.4 is 5.32 Å². The zero-order valence-corrected chi connectivity index (χ0v) is 14.4. The van der Waals surface area contributed by atoms with Gasteiger partial charge in [0.2, 0.25) is 5.78 Å². The van der Waals surface area contributed by atoms with Gasteiger partial charge in [0.05, 0.1) is 12.1 Å². The molecule has 1 saturated heterocycles. The lowest BCUT2D eigenvalue weighted by Gasteiger charge is -2.57. The van der Waals surface area contributed by atoms with Gasteiger partial charge in [-0.25, -0.2) is 0 Å². The van der Waals surface area contributed by atoms with Gasteiger partial charge in [-0.2, -0.15) is 0 Å². The molecule has 3 unspecified atom stereocenters. The van der Waals surface area contributed by atoms with Crippen LogP contribution in [0.25, 0.3) is 0 Å². The zero-order chi connectivity index (χ0) is 18.4. The molecule has 132 valence electrons. The molecule has 1 aliphatic carbocycles. The fourth-order valence-corrected chi connectivity index (χ4v) is 4.55. The van der Waals surface area contributed by atoms with Crippen molar-refractivity contribution in [1.82, 2.24) is 5.32 Å². The maximum absolute atomic E-state index is 12.9. The fraction of sp³-hybridized carbons (Fsp3) is 0.286. The van der Waals surface area contributed by atoms with Crippen molar-refractivity contribution in [3.8, 4) is 0 Å². The highest BCUT2D eigenvalue weighted by atomic mass is 16.5. The van der Waals surface area contributed by atoms with Crippen molar-refractivity contribution in [3.05, 3.63) is 71.8 Å². The van der Waals surface area contributed by atoms with Gasteiger partial charge in [0, 0.05) is 5.92 Å². The summed E-state index contributed by atoms with van der Waals surface area (Å²) in [5, 5.41) is 2.87. The van der Waals surface area contributed by atoms with Crippen LogP contribution in [0.1, 0.15) is 30.4 Å². The summed E-state index contributed by atoms with van der Waals surface area (Å²) >= 11 is 0. The van der Waals surface area contributed by atoms with Crippen LogP contribution in [0, 0.1) is 5.41 Å². The smallest absolute Gasteiger partial charge is 0.323 e. The summed E-state index contributed by atoms with van der Waals surface area (Å²) in [7, 11) is 0. The Bertz CT molecular complexity index is 879. The van der Waals surface area contributed by atoms with Gasteiger partial charge in [-0.1, -0.05) is 60.7 Å². The standard InChI is InChI=1S/C21H19NO4/c1-2-26-19(25)20-13-16(14-9-5-3-6-10-14)21(20,22-18(24)17(20)23)15-11-7-4-8-12-15/h3-12,16H,2,13H2,1H3,(H,22,24). The van der Waals surface area contributed by atoms with E-state index in [9.17, 15) is 14.4 Å². The van der Waals surface area contributed by atoms with Crippen LogP contribution in [0.3, 0.4) is 0 Å². The minimum absolute atomic E-state index is 0.156. The maximum Gasteiger partial charge on any atom is 0.323 e. The van der Waals surface area contributed by atoms with E-state index in [4.69, 9.17) is 4.74 Å². The highest BCUT2D eigenvalue weighted by molar-refractivity contribution is 6.45. The number of ether oxygens (including phenoxy) is 1. The predicted molar refractivity (Wildman–Crippen MR) is 94.1 cm³/mol. The number of ketones is 1. The van der Waals surface area contributed by atoms with Gasteiger partial charge in [0.1, 0.15) is 0 Å². The van der Waals surface area contributed by atoms with Crippen molar-refractivity contribution in [2.24, 2.45) is 5.41 Å². The summed E-state index contributed by atoms with van der Waals surface area (Å²) in [6.07, 6.45) is 0.252. The summed E-state index contributed by atoms with van der Waals surface area (Å²) in [4.78, 5) is 38.2. The van der Waals surface area contributed by atoms with Crippen LogP contribution in [0.4, 0.5) is 0 Å². The van der Waals surface area contributed by atoms with Crippen LogP contribution in [-0.4, -0.2) is 24.3 Å². The molecule has 1 aliphatic heterocycles. The molecule has 2 fully saturated rings. The van der Waals surface area contributed by atoms with E-state index < -0.39 is 28.6 Å². The monoisotopic (exact) mass is 349 g/mol. The Hall–Kier alpha value is -2.95. The summed E-state index contributed by atoms with van der Waals surface area (Å²) in [5.41, 5.74) is -0.906. The molecule has 1 heterocycles. The van der Waals surface area contributed by atoms with Crippen LogP contribution in [0.2, 0.25) is 0 Å². The second-order valence-corrected chi connectivity index (χ2v) is 6.75. The van der Waals surface area contributed by atoms with Crippen molar-refractivity contribution in [3.63, 3.8) is 0 Å². The predicted octanol–water partition coefficient (Wildman–Crippen LogP) is 2.32. The van der Waals surface area contributed by atoms with Crippen molar-refractivity contribution < 1.29 is 19.1 Å². The number of rotatable bonds is 4. The number of Topliss-reactive ketones (excluding diaryl/α,β-unsaturated/α-hetero) is 1. The number of carbonyl (C=O) groups is 3. The summed E-state index contributed by atoms with van der Waals surface area (Å²) in [6.45, 7) is 1.85. The van der Waals surface area contributed by atoms with Crippen molar-refractivity contribution in [2.45, 2.75) is 24.8 Å². The number of benzene rings is 2. The van der Waals surface area contributed by atoms with Gasteiger partial charge in [0.25, 0.3) is 5.91 Å². The Morgan fingerprint density at radius 2 is 1.69 bits per heavy atom. The van der Waals surface area contributed by atoms with Gasteiger partial charge in [-0.15, -0.1) is 0 Å². The molecular formula is C21H19NO4. The Kier molecular flexibility index (Phi) is 3.68. The molecule has 1 amide bonds. The van der Waals surface area contributed by atoms with Gasteiger partial charge in [0.15, 0.2) is 5.41 Å². The first-order valence-electron chi connectivity index (χ1n) is 8.72. The Morgan fingerprint density at radius 3 is 2.31 bits per heavy atom. The molecule has 1 saturated carbocycles. The Balaban J connectivity index is 1.94. The number of fused-ring (bicyclic) bond motifs is 1. The molecule has 0 bridgehead atoms. The quantitative estimate of drug-likeness (QED) is 0.522. The van der Waals surface area contributed by atoms with Crippen molar-refractivity contribution in [2.75, 3.05) is 6.61 Å². The summed E-state index contributed by atoms with van der Waals surface area (Å²) in [6, 6.07) is 18.9. The molecule has 2 aromatic carbocycles. The zero-order valence-electron chi connectivity index (χ0n) is 14.4. The molecule has 0 radical (unpaired) electrons. The van der Waals surface area contributed by atoms with Gasteiger partial charge >= 0.3 is 5.97 Å². The molecule has 4 rings (SSSR count). The third kappa shape index (κ3) is 1.88. The van der Waals surface area contributed by atoms with Crippen LogP contribution in [0.15, 0.2) is 60.7 Å². The lowest BCUT2D eigenvalue weighted by Crippen LogP contribution is -2.67. The number of esters is 1. The first-order chi connectivity index (χ1) is 12.6. The number of amides is 1. The van der Waals surface area contributed by atoms with E-state index in [-0.39, 0.29) is 18.9 Å². The molecule has 2 aromatic rings. The van der Waals surface area contributed by atoms with E-state index in [1.165, 1.54) is 0 Å². The Morgan fingerprint density at radius 1 is 1.08 bits per heavy atom. The average Bonchev–Trinajstić information content (AvgIpc) is 2.83. The first kappa shape index (κ1) is 16.5. The minimum atomic E-state index is -1.51. The molecule has 5 heteroatoms. The third-order valence-corrected chi connectivity index (χ3v) is 5.67. The summed E-state index contributed by atoms with van der Waals surface area (Å²) < 4.78 is 5.25. The third-order valence-electron chi connectivity index (χ3n) is 5.67. The number of carbonyl (C=O) groups excluding carboxylic acids is 3. The SMILES string of the molecule is CCOC(=O)C12CC(c3ccccc3)C1(c1ccccc1)NC(=O)C2=O. The van der Waals surface area contributed by atoms with Crippen molar-refractivity contribution in [1.29, 1.82) is 0 Å². The van der Waals surface area contributed by atoms with E-state index in [2.05, 4.69) is 5.32 Å². The molecule has 0 aromatic heterocycles. The van der Waals surface area contributed by atoms with Crippen LogP contribution in [0.5, 0.6) is 0 Å². The summed E-state index contributed by atoms with van der Waals surface area (Å²) in [5.74, 6) is -2.24. The molecule has 26 heavy (non-hydrogen) atoms. The molecule has 3 atom stereocenters. The highest BCUT2D eigenvalue weighted by Gasteiger charge is 2.80. The number of nitrogens with one attached hydrogen (secondary N) is 1. The Labute approximate surface area is 151 Å². The molecule has 1 N–H and O–H groups in total. The second-order valence-electron chi connectivity index (χ2n) is 6.75. The van der Waals surface area contributed by atoms with E-state index in [0.29, 0.717) is 0 Å². The lowest BCUT2D eigenvalue weighted by molar-refractivity contribution is -0.175. The molecule has 5 nitrogen and oxygen atoms in total. The molecule has 2 aliphatic rings. The number of hydrogen-bond donors (Lipinski definition) is 1. The van der Waals surface area contributed by atoms with E-state index in [1.54, 1.807) is 6.92 Å². The second kappa shape index (κ2) is 5.80. The van der Waals surface area contributed by atoms with Crippen LogP contribution >= 0.6 is 0 Å². The largest absolute Gasteiger partial charge is 0.465 e. The fourth-order valence-electron chi connectivity index (χ4n) is 4.55. The number of hydrogen-bond acceptors (Lipinski definition) is 4. The lowest BCUT2D eigenvalue weighted by atomic mass is 9.45. The molecular weight excluding hydrogens is 330 g/mol. The maximum atomic E-state index is 12.9. The van der Waals surface area contributed by atoms with Gasteiger partial charge < -0.3 is 10.1 Å². The normalized spacial score (nSPS) is 29.5. The van der Waals surface area contributed by atoms with Crippen molar-refractivity contribution >= 4 is 17.7 Å². The van der Waals surface area contributed by atoms with E-state index >= 15 is 0 Å².